The number of esters is 1. The van der Waals surface area contributed by atoms with E-state index in [0.717, 1.165) is 6.07 Å². The molecule has 0 spiro atoms. The molecular weight excluding hydrogens is 299 g/mol. The molecule has 0 aliphatic carbocycles. The van der Waals surface area contributed by atoms with Crippen LogP contribution < -0.4 is 4.74 Å². The van der Waals surface area contributed by atoms with Crippen LogP contribution >= 0.6 is 0 Å². The Morgan fingerprint density at radius 2 is 1.82 bits per heavy atom. The second-order valence-electron chi connectivity index (χ2n) is 4.32. The molecule has 1 aromatic carbocycles. The zero-order chi connectivity index (χ0) is 16.3. The number of nitrogens with zero attached hydrogens (tertiary/aromatic N) is 1. The molecule has 116 valence electrons. The minimum Gasteiger partial charge on any atom is -0.481 e. The van der Waals surface area contributed by atoms with Crippen molar-refractivity contribution in [3.8, 4) is 17.0 Å². The third-order valence-corrected chi connectivity index (χ3v) is 2.99. The van der Waals surface area contributed by atoms with E-state index in [1.807, 2.05) is 0 Å². The van der Waals surface area contributed by atoms with Gasteiger partial charge in [-0.3, -0.25) is 0 Å². The van der Waals surface area contributed by atoms with Crippen LogP contribution in [0.25, 0.3) is 11.1 Å². The van der Waals surface area contributed by atoms with E-state index < -0.39 is 17.7 Å². The van der Waals surface area contributed by atoms with E-state index in [0.29, 0.717) is 0 Å². The quantitative estimate of drug-likeness (QED) is 0.813. The first kappa shape index (κ1) is 15.8. The highest BCUT2D eigenvalue weighted by Gasteiger charge is 2.34. The molecule has 0 atom stereocenters. The van der Waals surface area contributed by atoms with Gasteiger partial charge in [0.2, 0.25) is 5.88 Å². The fourth-order valence-corrected chi connectivity index (χ4v) is 2.00. The molecular formula is C15H12F3NO3. The molecule has 0 fully saturated rings. The highest BCUT2D eigenvalue weighted by atomic mass is 19.4. The molecule has 0 saturated heterocycles. The Kier molecular flexibility index (Phi) is 4.35. The zero-order valence-electron chi connectivity index (χ0n) is 11.8. The van der Waals surface area contributed by atoms with Gasteiger partial charge in [0.1, 0.15) is 0 Å². The number of benzene rings is 1. The van der Waals surface area contributed by atoms with E-state index in [1.165, 1.54) is 44.7 Å². The minimum absolute atomic E-state index is 0.00986. The van der Waals surface area contributed by atoms with Crippen molar-refractivity contribution in [1.29, 1.82) is 0 Å². The lowest BCUT2D eigenvalue weighted by molar-refractivity contribution is -0.137. The predicted molar refractivity (Wildman–Crippen MR) is 72.6 cm³/mol. The lowest BCUT2D eigenvalue weighted by Gasteiger charge is -2.15. The largest absolute Gasteiger partial charge is 0.481 e. The fourth-order valence-electron chi connectivity index (χ4n) is 2.00. The van der Waals surface area contributed by atoms with Gasteiger partial charge in [0.05, 0.1) is 25.3 Å². The van der Waals surface area contributed by atoms with Gasteiger partial charge in [-0.25, -0.2) is 9.78 Å². The molecule has 0 unspecified atom stereocenters. The number of carbonyl (C=O) groups excluding carboxylic acids is 1. The van der Waals surface area contributed by atoms with Crippen molar-refractivity contribution >= 4 is 5.97 Å². The molecule has 0 radical (unpaired) electrons. The van der Waals surface area contributed by atoms with Gasteiger partial charge in [-0.1, -0.05) is 18.2 Å². The summed E-state index contributed by atoms with van der Waals surface area (Å²) >= 11 is 0. The number of halogens is 3. The standard InChI is InChI=1S/C15H12F3NO3/c1-21-13-11(7-9(8-19-13)14(20)22-2)10-5-3-4-6-12(10)15(16,17)18/h3-8H,1-2H3. The van der Waals surface area contributed by atoms with Crippen molar-refractivity contribution in [3.63, 3.8) is 0 Å². The van der Waals surface area contributed by atoms with Crippen molar-refractivity contribution in [3.05, 3.63) is 47.7 Å². The zero-order valence-corrected chi connectivity index (χ0v) is 11.8. The summed E-state index contributed by atoms with van der Waals surface area (Å²) in [6.45, 7) is 0. The third-order valence-electron chi connectivity index (χ3n) is 2.99. The SMILES string of the molecule is COC(=O)c1cnc(OC)c(-c2ccccc2C(F)(F)F)c1. The van der Waals surface area contributed by atoms with Gasteiger partial charge < -0.3 is 9.47 Å². The van der Waals surface area contributed by atoms with Gasteiger partial charge >= 0.3 is 12.1 Å². The first-order valence-corrected chi connectivity index (χ1v) is 6.17. The van der Waals surface area contributed by atoms with Crippen LogP contribution in [0.2, 0.25) is 0 Å². The number of aromatic nitrogens is 1. The minimum atomic E-state index is -4.54. The number of hydrogen-bond donors (Lipinski definition) is 0. The van der Waals surface area contributed by atoms with Crippen molar-refractivity contribution < 1.29 is 27.4 Å². The molecule has 1 heterocycles. The van der Waals surface area contributed by atoms with Crippen LogP contribution in [0.3, 0.4) is 0 Å². The van der Waals surface area contributed by atoms with Crippen LogP contribution in [-0.4, -0.2) is 25.2 Å². The van der Waals surface area contributed by atoms with Gasteiger partial charge in [-0.2, -0.15) is 13.2 Å². The van der Waals surface area contributed by atoms with Gasteiger partial charge in [-0.05, 0) is 17.7 Å². The second kappa shape index (κ2) is 6.05. The van der Waals surface area contributed by atoms with E-state index in [2.05, 4.69) is 9.72 Å². The smallest absolute Gasteiger partial charge is 0.417 e. The predicted octanol–water partition coefficient (Wildman–Crippen LogP) is 3.56. The average molecular weight is 311 g/mol. The highest BCUT2D eigenvalue weighted by Crippen LogP contribution is 2.39. The second-order valence-corrected chi connectivity index (χ2v) is 4.32. The number of methoxy groups -OCH3 is 2. The first-order chi connectivity index (χ1) is 10.4. The normalized spacial score (nSPS) is 11.1. The Morgan fingerprint density at radius 1 is 1.14 bits per heavy atom. The van der Waals surface area contributed by atoms with Crippen molar-refractivity contribution in [2.45, 2.75) is 6.18 Å². The van der Waals surface area contributed by atoms with Crippen LogP contribution in [0.5, 0.6) is 5.88 Å². The lowest BCUT2D eigenvalue weighted by atomic mass is 9.99. The number of pyridine rings is 1. The monoisotopic (exact) mass is 311 g/mol. The number of rotatable bonds is 3. The van der Waals surface area contributed by atoms with E-state index in [-0.39, 0.29) is 22.6 Å². The maximum atomic E-state index is 13.1. The maximum absolute atomic E-state index is 13.1. The third kappa shape index (κ3) is 3.03. The summed E-state index contributed by atoms with van der Waals surface area (Å²) < 4.78 is 49.0. The molecule has 0 N–H and O–H groups in total. The molecule has 0 saturated carbocycles. The maximum Gasteiger partial charge on any atom is 0.417 e. The Morgan fingerprint density at radius 3 is 2.41 bits per heavy atom. The van der Waals surface area contributed by atoms with Gasteiger partial charge in [0, 0.05) is 11.8 Å². The molecule has 0 bridgehead atoms. The summed E-state index contributed by atoms with van der Waals surface area (Å²) in [7, 11) is 2.47. The van der Waals surface area contributed by atoms with Crippen molar-refractivity contribution in [1.82, 2.24) is 4.98 Å². The Labute approximate surface area is 124 Å². The van der Waals surface area contributed by atoms with Crippen LogP contribution in [0.1, 0.15) is 15.9 Å². The molecule has 4 nitrogen and oxygen atoms in total. The summed E-state index contributed by atoms with van der Waals surface area (Å²) in [5, 5.41) is 0. The Bertz CT molecular complexity index is 699. The molecule has 0 aliphatic rings. The summed E-state index contributed by atoms with van der Waals surface area (Å²) in [6, 6.07) is 6.27. The van der Waals surface area contributed by atoms with E-state index in [1.54, 1.807) is 0 Å². The van der Waals surface area contributed by atoms with E-state index >= 15 is 0 Å². The van der Waals surface area contributed by atoms with Crippen LogP contribution in [-0.2, 0) is 10.9 Å². The van der Waals surface area contributed by atoms with Crippen molar-refractivity contribution in [2.24, 2.45) is 0 Å². The number of alkyl halides is 3. The molecule has 2 aromatic rings. The van der Waals surface area contributed by atoms with Gasteiger partial charge in [0.25, 0.3) is 0 Å². The summed E-state index contributed by atoms with van der Waals surface area (Å²) in [4.78, 5) is 15.4. The topological polar surface area (TPSA) is 48.4 Å². The van der Waals surface area contributed by atoms with Gasteiger partial charge in [0.15, 0.2) is 0 Å². The van der Waals surface area contributed by atoms with Gasteiger partial charge in [-0.15, -0.1) is 0 Å². The molecule has 7 heteroatoms. The molecule has 1 aromatic heterocycles. The summed E-state index contributed by atoms with van der Waals surface area (Å²) in [6.07, 6.45) is -3.35. The number of carbonyl (C=O) groups is 1. The molecule has 2 rings (SSSR count). The van der Waals surface area contributed by atoms with Crippen molar-refractivity contribution in [2.75, 3.05) is 14.2 Å². The summed E-state index contributed by atoms with van der Waals surface area (Å²) in [5.41, 5.74) is -0.851. The Hall–Kier alpha value is -2.57. The lowest BCUT2D eigenvalue weighted by Crippen LogP contribution is -2.08. The highest BCUT2D eigenvalue weighted by molar-refractivity contribution is 5.91. The van der Waals surface area contributed by atoms with Crippen LogP contribution in [0.15, 0.2) is 36.5 Å². The Balaban J connectivity index is 2.68. The fraction of sp³-hybridized carbons (Fsp3) is 0.200. The molecule has 0 aliphatic heterocycles. The van der Waals surface area contributed by atoms with E-state index in [4.69, 9.17) is 4.74 Å². The van der Waals surface area contributed by atoms with Crippen LogP contribution in [0.4, 0.5) is 13.2 Å². The number of hydrogen-bond acceptors (Lipinski definition) is 4. The molecule has 0 amide bonds. The van der Waals surface area contributed by atoms with E-state index in [9.17, 15) is 18.0 Å². The number of ether oxygens (including phenoxy) is 2. The average Bonchev–Trinajstić information content (AvgIpc) is 2.52. The van der Waals surface area contributed by atoms with Crippen LogP contribution in [0, 0.1) is 0 Å². The molecule has 22 heavy (non-hydrogen) atoms. The first-order valence-electron chi connectivity index (χ1n) is 6.17. The summed E-state index contributed by atoms with van der Waals surface area (Å²) in [5.74, 6) is -0.703.